The maximum atomic E-state index is 11.9. The number of rotatable bonds is 4. The van der Waals surface area contributed by atoms with Crippen LogP contribution in [0.5, 0.6) is 0 Å². The minimum absolute atomic E-state index is 0.228. The van der Waals surface area contributed by atoms with Crippen LogP contribution in [-0.2, 0) is 0 Å². The summed E-state index contributed by atoms with van der Waals surface area (Å²) >= 11 is 0. The Morgan fingerprint density at radius 2 is 2.09 bits per heavy atom. The average Bonchev–Trinajstić information content (AvgIpc) is 2.52. The Morgan fingerprint density at radius 3 is 2.74 bits per heavy atom. The molecule has 0 aromatic carbocycles. The van der Waals surface area contributed by atoms with Gasteiger partial charge in [-0.1, -0.05) is 31.6 Å². The molecule has 0 unspecified atom stereocenters. The third-order valence-corrected chi connectivity index (χ3v) is 4.39. The Kier molecular flexibility index (Phi) is 5.48. The molecule has 2 rings (SSSR count). The van der Waals surface area contributed by atoms with Crippen LogP contribution in [-0.4, -0.2) is 16.6 Å². The lowest BCUT2D eigenvalue weighted by Gasteiger charge is -2.36. The molecule has 1 amide bonds. The molecular formula is C19H25N3O. The van der Waals surface area contributed by atoms with Crippen molar-refractivity contribution in [2.75, 3.05) is 0 Å². The number of aromatic nitrogens is 1. The maximum Gasteiger partial charge on any atom is 0.271 e. The Hall–Kier alpha value is -2.23. The number of pyridine rings is 1. The van der Waals surface area contributed by atoms with E-state index in [2.05, 4.69) is 48.4 Å². The van der Waals surface area contributed by atoms with Crippen molar-refractivity contribution in [1.29, 1.82) is 0 Å². The highest BCUT2D eigenvalue weighted by Crippen LogP contribution is 2.41. The molecule has 4 nitrogen and oxygen atoms in total. The molecule has 0 bridgehead atoms. The van der Waals surface area contributed by atoms with Crippen molar-refractivity contribution < 1.29 is 4.79 Å². The van der Waals surface area contributed by atoms with E-state index in [4.69, 9.17) is 0 Å². The summed E-state index contributed by atoms with van der Waals surface area (Å²) in [6, 6.07) is 3.32. The summed E-state index contributed by atoms with van der Waals surface area (Å²) < 4.78 is 0. The van der Waals surface area contributed by atoms with Crippen LogP contribution in [0.25, 0.3) is 0 Å². The number of nitrogens with zero attached hydrogens (tertiary/aromatic N) is 2. The highest BCUT2D eigenvalue weighted by atomic mass is 16.2. The van der Waals surface area contributed by atoms with Crippen molar-refractivity contribution in [2.45, 2.75) is 40.5 Å². The van der Waals surface area contributed by atoms with Crippen LogP contribution in [0.1, 0.15) is 50.9 Å². The van der Waals surface area contributed by atoms with E-state index in [0.717, 1.165) is 12.1 Å². The summed E-state index contributed by atoms with van der Waals surface area (Å²) in [6.45, 7) is 8.68. The number of hydrogen-bond acceptors (Lipinski definition) is 3. The monoisotopic (exact) mass is 311 g/mol. The Labute approximate surface area is 138 Å². The second kappa shape index (κ2) is 7.36. The molecule has 0 fully saturated rings. The zero-order chi connectivity index (χ0) is 16.9. The topological polar surface area (TPSA) is 54.4 Å². The molecule has 1 aliphatic rings. The summed E-state index contributed by atoms with van der Waals surface area (Å²) in [7, 11) is 0. The van der Waals surface area contributed by atoms with Gasteiger partial charge >= 0.3 is 0 Å². The second-order valence-electron chi connectivity index (χ2n) is 6.74. The van der Waals surface area contributed by atoms with E-state index in [9.17, 15) is 4.79 Å². The SMILES string of the molecule is CC1=CCCC(C)(C)[C@@H]1/C=C/C(C)=N\NC(=O)c1ccncc1. The largest absolute Gasteiger partial charge is 0.271 e. The van der Waals surface area contributed by atoms with Gasteiger partial charge in [0, 0.05) is 23.9 Å². The van der Waals surface area contributed by atoms with Gasteiger partial charge in [-0.2, -0.15) is 5.10 Å². The number of hydrazone groups is 1. The van der Waals surface area contributed by atoms with E-state index in [1.165, 1.54) is 12.0 Å². The smallest absolute Gasteiger partial charge is 0.267 e. The molecule has 0 aliphatic heterocycles. The first kappa shape index (κ1) is 17.1. The van der Waals surface area contributed by atoms with Gasteiger partial charge in [0.15, 0.2) is 0 Å². The molecular weight excluding hydrogens is 286 g/mol. The van der Waals surface area contributed by atoms with E-state index in [1.54, 1.807) is 24.5 Å². The molecule has 1 atom stereocenters. The molecule has 0 radical (unpaired) electrons. The van der Waals surface area contributed by atoms with Crippen LogP contribution in [0.15, 0.2) is 53.4 Å². The Balaban J connectivity index is 2.00. The number of carbonyl (C=O) groups is 1. The van der Waals surface area contributed by atoms with Crippen LogP contribution in [0, 0.1) is 11.3 Å². The molecule has 4 heteroatoms. The highest BCUT2D eigenvalue weighted by Gasteiger charge is 2.30. The van der Waals surface area contributed by atoms with Crippen molar-refractivity contribution in [1.82, 2.24) is 10.4 Å². The van der Waals surface area contributed by atoms with Gasteiger partial charge in [0.05, 0.1) is 5.71 Å². The summed E-state index contributed by atoms with van der Waals surface area (Å²) in [4.78, 5) is 15.8. The molecule has 1 heterocycles. The van der Waals surface area contributed by atoms with Crippen molar-refractivity contribution in [2.24, 2.45) is 16.4 Å². The van der Waals surface area contributed by atoms with Gasteiger partial charge < -0.3 is 0 Å². The van der Waals surface area contributed by atoms with Gasteiger partial charge in [-0.25, -0.2) is 5.43 Å². The summed E-state index contributed by atoms with van der Waals surface area (Å²) in [5.74, 6) is 0.187. The van der Waals surface area contributed by atoms with Crippen LogP contribution in [0.2, 0.25) is 0 Å². The third kappa shape index (κ3) is 4.62. The van der Waals surface area contributed by atoms with Crippen molar-refractivity contribution in [3.63, 3.8) is 0 Å². The van der Waals surface area contributed by atoms with Gasteiger partial charge in [-0.3, -0.25) is 9.78 Å². The standard InChI is InChI=1S/C19H25N3O/c1-14-6-5-11-19(3,4)17(14)8-7-15(2)21-22-18(23)16-9-12-20-13-10-16/h6-10,12-13,17H,5,11H2,1-4H3,(H,22,23)/b8-7+,21-15-/t17-/m1/s1. The molecule has 1 N–H and O–H groups in total. The third-order valence-electron chi connectivity index (χ3n) is 4.39. The van der Waals surface area contributed by atoms with Gasteiger partial charge in [0.25, 0.3) is 5.91 Å². The van der Waals surface area contributed by atoms with Gasteiger partial charge in [0.1, 0.15) is 0 Å². The fraction of sp³-hybridized carbons (Fsp3) is 0.421. The van der Waals surface area contributed by atoms with E-state index in [-0.39, 0.29) is 11.3 Å². The lowest BCUT2D eigenvalue weighted by Crippen LogP contribution is -2.26. The zero-order valence-electron chi connectivity index (χ0n) is 14.3. The average molecular weight is 311 g/mol. The fourth-order valence-corrected chi connectivity index (χ4v) is 2.96. The molecule has 122 valence electrons. The van der Waals surface area contributed by atoms with Gasteiger partial charge in [0.2, 0.25) is 0 Å². The minimum atomic E-state index is -0.228. The highest BCUT2D eigenvalue weighted by molar-refractivity contribution is 5.97. The molecule has 0 saturated carbocycles. The van der Waals surface area contributed by atoms with Crippen molar-refractivity contribution in [3.8, 4) is 0 Å². The molecule has 0 saturated heterocycles. The summed E-state index contributed by atoms with van der Waals surface area (Å²) in [6.07, 6.45) is 12.0. The predicted octanol–water partition coefficient (Wildman–Crippen LogP) is 4.13. The van der Waals surface area contributed by atoms with Gasteiger partial charge in [-0.05, 0) is 50.3 Å². The number of carbonyl (C=O) groups excluding carboxylic acids is 1. The van der Waals surface area contributed by atoms with Crippen LogP contribution in [0.4, 0.5) is 0 Å². The second-order valence-corrected chi connectivity index (χ2v) is 6.74. The molecule has 1 aliphatic carbocycles. The van der Waals surface area contributed by atoms with Gasteiger partial charge in [-0.15, -0.1) is 0 Å². The van der Waals surface area contributed by atoms with E-state index in [0.29, 0.717) is 11.5 Å². The van der Waals surface area contributed by atoms with Crippen LogP contribution in [0.3, 0.4) is 0 Å². The van der Waals surface area contributed by atoms with Crippen molar-refractivity contribution >= 4 is 11.6 Å². The normalized spacial score (nSPS) is 21.1. The molecule has 1 aromatic rings. The quantitative estimate of drug-likeness (QED) is 0.516. The summed E-state index contributed by atoms with van der Waals surface area (Å²) in [5.41, 5.74) is 5.57. The summed E-state index contributed by atoms with van der Waals surface area (Å²) in [5, 5.41) is 4.15. The first-order chi connectivity index (χ1) is 10.9. The van der Waals surface area contributed by atoms with Crippen LogP contribution < -0.4 is 5.43 Å². The number of allylic oxidation sites excluding steroid dienone is 4. The van der Waals surface area contributed by atoms with E-state index in [1.807, 2.05) is 13.0 Å². The van der Waals surface area contributed by atoms with Crippen molar-refractivity contribution in [3.05, 3.63) is 53.9 Å². The fourth-order valence-electron chi connectivity index (χ4n) is 2.96. The number of nitrogens with one attached hydrogen (secondary N) is 1. The van der Waals surface area contributed by atoms with E-state index >= 15 is 0 Å². The molecule has 0 spiro atoms. The minimum Gasteiger partial charge on any atom is -0.267 e. The zero-order valence-corrected chi connectivity index (χ0v) is 14.3. The Morgan fingerprint density at radius 1 is 1.39 bits per heavy atom. The Bertz CT molecular complexity index is 642. The predicted molar refractivity (Wildman–Crippen MR) is 94.2 cm³/mol. The first-order valence-electron chi connectivity index (χ1n) is 7.99. The lowest BCUT2D eigenvalue weighted by molar-refractivity contribution is 0.0954. The number of hydrogen-bond donors (Lipinski definition) is 1. The maximum absolute atomic E-state index is 11.9. The lowest BCUT2D eigenvalue weighted by atomic mass is 9.68. The molecule has 1 aromatic heterocycles. The van der Waals surface area contributed by atoms with E-state index < -0.39 is 0 Å². The number of amides is 1. The van der Waals surface area contributed by atoms with Crippen LogP contribution >= 0.6 is 0 Å². The first-order valence-corrected chi connectivity index (χ1v) is 7.99. The molecule has 23 heavy (non-hydrogen) atoms.